The third-order valence-corrected chi connectivity index (χ3v) is 6.32. The van der Waals surface area contributed by atoms with E-state index in [9.17, 15) is 18.3 Å². The molecule has 9 heteroatoms. The number of aromatic nitrogens is 1. The van der Waals surface area contributed by atoms with E-state index in [0.717, 1.165) is 0 Å². The maximum absolute atomic E-state index is 12.3. The van der Waals surface area contributed by atoms with Gasteiger partial charge in [0.25, 0.3) is 5.91 Å². The topological polar surface area (TPSA) is 118 Å². The molecule has 0 aliphatic carbocycles. The van der Waals surface area contributed by atoms with Crippen molar-refractivity contribution in [2.24, 2.45) is 0 Å². The van der Waals surface area contributed by atoms with Crippen LogP contribution in [0.2, 0.25) is 0 Å². The van der Waals surface area contributed by atoms with Crippen molar-refractivity contribution in [3.63, 3.8) is 0 Å². The molecule has 1 aliphatic heterocycles. The average molecular weight is 420 g/mol. The summed E-state index contributed by atoms with van der Waals surface area (Å²) in [5.41, 5.74) is 0.446. The van der Waals surface area contributed by atoms with Crippen LogP contribution in [0.4, 0.5) is 0 Å². The van der Waals surface area contributed by atoms with E-state index in [1.807, 2.05) is 0 Å². The van der Waals surface area contributed by atoms with Crippen molar-refractivity contribution in [1.29, 1.82) is 0 Å². The average Bonchev–Trinajstić information content (AvgIpc) is 2.75. The van der Waals surface area contributed by atoms with Crippen LogP contribution in [0.5, 0.6) is 0 Å². The Morgan fingerprint density at radius 3 is 2.66 bits per heavy atom. The lowest BCUT2D eigenvalue weighted by atomic mass is 9.97. The molecule has 1 amide bonds. The van der Waals surface area contributed by atoms with Gasteiger partial charge in [-0.1, -0.05) is 18.2 Å². The lowest BCUT2D eigenvalue weighted by molar-refractivity contribution is -0.0891. The molecule has 0 bridgehead atoms. The number of carbonyl (C=O) groups excluding carboxylic acids is 1. The van der Waals surface area contributed by atoms with Crippen molar-refractivity contribution in [2.45, 2.75) is 42.4 Å². The fourth-order valence-corrected chi connectivity index (χ4v) is 4.36. The summed E-state index contributed by atoms with van der Waals surface area (Å²) in [4.78, 5) is 16.5. The summed E-state index contributed by atoms with van der Waals surface area (Å²) in [7, 11) is -3.56. The number of benzene rings is 1. The molecule has 0 radical (unpaired) electrons. The molecule has 1 aromatic carbocycles. The highest BCUT2D eigenvalue weighted by Gasteiger charge is 2.32. The zero-order valence-corrected chi connectivity index (χ0v) is 16.7. The normalized spacial score (nSPS) is 22.2. The molecule has 2 heterocycles. The number of carbonyl (C=O) groups is 1. The number of nitrogens with zero attached hydrogens (tertiary/aromatic N) is 1. The van der Waals surface area contributed by atoms with Crippen LogP contribution < -0.4 is 10.0 Å². The maximum Gasteiger partial charge on any atom is 0.253 e. The van der Waals surface area contributed by atoms with Crippen LogP contribution in [0.15, 0.2) is 59.8 Å². The molecule has 2 aromatic rings. The molecule has 0 unspecified atom stereocenters. The highest BCUT2D eigenvalue weighted by Crippen LogP contribution is 2.22. The lowest BCUT2D eigenvalue weighted by Crippen LogP contribution is -2.51. The smallest absolute Gasteiger partial charge is 0.253 e. The Kier molecular flexibility index (Phi) is 7.32. The highest BCUT2D eigenvalue weighted by atomic mass is 32.2. The van der Waals surface area contributed by atoms with Crippen LogP contribution in [0.3, 0.4) is 0 Å². The van der Waals surface area contributed by atoms with Gasteiger partial charge in [0.2, 0.25) is 10.0 Å². The lowest BCUT2D eigenvalue weighted by Gasteiger charge is -2.36. The third-order valence-electron chi connectivity index (χ3n) is 4.85. The number of nitrogens with one attached hydrogen (secondary N) is 2. The number of sulfonamides is 1. The number of aliphatic hydroxyl groups is 1. The molecule has 8 nitrogen and oxygen atoms in total. The monoisotopic (exact) mass is 419 g/mol. The SMILES string of the molecule is O=C(N[C@@H]1CC[C@@H](CCNS(=O)(=O)c2ccccc2)O[C@H]1CO)c1cccnc1. The fraction of sp³-hybridized carbons (Fsp3) is 0.400. The van der Waals surface area contributed by atoms with Crippen LogP contribution in [0, 0.1) is 0 Å². The van der Waals surface area contributed by atoms with Gasteiger partial charge < -0.3 is 15.2 Å². The largest absolute Gasteiger partial charge is 0.394 e. The molecule has 1 aromatic heterocycles. The Labute approximate surface area is 170 Å². The molecule has 3 N–H and O–H groups in total. The van der Waals surface area contributed by atoms with E-state index < -0.39 is 16.1 Å². The predicted molar refractivity (Wildman–Crippen MR) is 107 cm³/mol. The summed E-state index contributed by atoms with van der Waals surface area (Å²) < 4.78 is 33.0. The summed E-state index contributed by atoms with van der Waals surface area (Å²) in [6, 6.07) is 11.2. The first-order valence-corrected chi connectivity index (χ1v) is 11.0. The van der Waals surface area contributed by atoms with E-state index >= 15 is 0 Å². The van der Waals surface area contributed by atoms with Gasteiger partial charge in [0.1, 0.15) is 6.10 Å². The van der Waals surface area contributed by atoms with Gasteiger partial charge in [0, 0.05) is 18.9 Å². The van der Waals surface area contributed by atoms with Crippen LogP contribution in [0.25, 0.3) is 0 Å². The van der Waals surface area contributed by atoms with Crippen molar-refractivity contribution in [2.75, 3.05) is 13.2 Å². The first-order valence-electron chi connectivity index (χ1n) is 9.51. The predicted octanol–water partition coefficient (Wildman–Crippen LogP) is 1.09. The number of pyridine rings is 1. The minimum atomic E-state index is -3.56. The summed E-state index contributed by atoms with van der Waals surface area (Å²) >= 11 is 0. The first kappa shape index (κ1) is 21.4. The summed E-state index contributed by atoms with van der Waals surface area (Å²) in [5.74, 6) is -0.265. The molecular formula is C20H25N3O5S. The van der Waals surface area contributed by atoms with Crippen LogP contribution >= 0.6 is 0 Å². The first-order chi connectivity index (χ1) is 14.0. The van der Waals surface area contributed by atoms with Gasteiger partial charge in [0.05, 0.1) is 29.2 Å². The Morgan fingerprint density at radius 1 is 1.17 bits per heavy atom. The van der Waals surface area contributed by atoms with Gasteiger partial charge in [-0.2, -0.15) is 0 Å². The standard InChI is InChI=1S/C20H25N3O5S/c24-14-19-18(23-20(25)15-5-4-11-21-13-15)9-8-16(28-19)10-12-22-29(26,27)17-6-2-1-3-7-17/h1-7,11,13,16,18-19,22,24H,8-10,12,14H2,(H,23,25)/t16-,18+,19-/m0/s1. The summed E-state index contributed by atoms with van der Waals surface area (Å²) in [6.45, 7) is -0.00299. The Balaban J connectivity index is 1.49. The molecule has 1 fully saturated rings. The zero-order chi connectivity index (χ0) is 20.7. The number of hydrogen-bond acceptors (Lipinski definition) is 6. The van der Waals surface area contributed by atoms with Crippen molar-refractivity contribution in [3.8, 4) is 0 Å². The molecule has 1 aliphatic rings. The van der Waals surface area contributed by atoms with Crippen molar-refractivity contribution < 1.29 is 23.1 Å². The van der Waals surface area contributed by atoms with Crippen LogP contribution in [0.1, 0.15) is 29.6 Å². The van der Waals surface area contributed by atoms with E-state index in [2.05, 4.69) is 15.0 Å². The second kappa shape index (κ2) is 9.93. The third kappa shape index (κ3) is 5.83. The van der Waals surface area contributed by atoms with Crippen molar-refractivity contribution >= 4 is 15.9 Å². The number of aliphatic hydroxyl groups excluding tert-OH is 1. The number of amides is 1. The van der Waals surface area contributed by atoms with Gasteiger partial charge >= 0.3 is 0 Å². The zero-order valence-electron chi connectivity index (χ0n) is 15.9. The number of hydrogen-bond donors (Lipinski definition) is 3. The molecular weight excluding hydrogens is 394 g/mol. The highest BCUT2D eigenvalue weighted by molar-refractivity contribution is 7.89. The summed E-state index contributed by atoms with van der Waals surface area (Å²) in [5, 5.41) is 12.5. The van der Waals surface area contributed by atoms with Crippen molar-refractivity contribution in [3.05, 3.63) is 60.4 Å². The molecule has 1 saturated heterocycles. The maximum atomic E-state index is 12.3. The molecule has 0 saturated carbocycles. The minimum absolute atomic E-state index is 0.197. The van der Waals surface area contributed by atoms with Crippen molar-refractivity contribution in [1.82, 2.24) is 15.0 Å². The molecule has 29 heavy (non-hydrogen) atoms. The number of rotatable bonds is 8. The molecule has 0 spiro atoms. The van der Waals surface area contributed by atoms with Crippen LogP contribution in [-0.4, -0.2) is 55.8 Å². The molecule has 3 rings (SSSR count). The van der Waals surface area contributed by atoms with Gasteiger partial charge in [-0.15, -0.1) is 0 Å². The van der Waals surface area contributed by atoms with E-state index in [4.69, 9.17) is 4.74 Å². The van der Waals surface area contributed by atoms with E-state index in [0.29, 0.717) is 24.8 Å². The quantitative estimate of drug-likeness (QED) is 0.590. The second-order valence-corrected chi connectivity index (χ2v) is 8.64. The van der Waals surface area contributed by atoms with E-state index in [1.165, 1.54) is 18.3 Å². The summed E-state index contributed by atoms with van der Waals surface area (Å²) in [6.07, 6.45) is 4.10. The van der Waals surface area contributed by atoms with Gasteiger partial charge in [-0.25, -0.2) is 13.1 Å². The van der Waals surface area contributed by atoms with Gasteiger partial charge in [-0.05, 0) is 43.5 Å². The molecule has 3 atom stereocenters. The van der Waals surface area contributed by atoms with E-state index in [-0.39, 0.29) is 36.1 Å². The second-order valence-electron chi connectivity index (χ2n) is 6.88. The Bertz CT molecular complexity index is 893. The number of ether oxygens (including phenoxy) is 1. The Hall–Kier alpha value is -2.33. The fourth-order valence-electron chi connectivity index (χ4n) is 3.30. The minimum Gasteiger partial charge on any atom is -0.394 e. The van der Waals surface area contributed by atoms with Gasteiger partial charge in [-0.3, -0.25) is 9.78 Å². The van der Waals surface area contributed by atoms with Crippen LogP contribution in [-0.2, 0) is 14.8 Å². The molecule has 156 valence electrons. The van der Waals surface area contributed by atoms with E-state index in [1.54, 1.807) is 36.5 Å². The Morgan fingerprint density at radius 2 is 1.97 bits per heavy atom. The van der Waals surface area contributed by atoms with Gasteiger partial charge in [0.15, 0.2) is 0 Å².